The molecule has 2 aromatic carbocycles. The van der Waals surface area contributed by atoms with Crippen LogP contribution in [0.4, 0.5) is 0 Å². The Morgan fingerprint density at radius 2 is 1.70 bits per heavy atom. The summed E-state index contributed by atoms with van der Waals surface area (Å²) in [7, 11) is 0. The SMILES string of the molecule is C/C=C(\NNC(=O)c1cccc(Br)c1)c1ccccc1. The first-order chi connectivity index (χ1) is 9.70. The van der Waals surface area contributed by atoms with Gasteiger partial charge in [-0.3, -0.25) is 15.6 Å². The molecule has 0 aliphatic rings. The fourth-order valence-electron chi connectivity index (χ4n) is 1.75. The van der Waals surface area contributed by atoms with E-state index in [1.54, 1.807) is 12.1 Å². The minimum absolute atomic E-state index is 0.179. The molecule has 4 heteroatoms. The van der Waals surface area contributed by atoms with Crippen LogP contribution in [0.1, 0.15) is 22.8 Å². The second-order valence-corrected chi connectivity index (χ2v) is 5.07. The Labute approximate surface area is 126 Å². The first kappa shape index (κ1) is 14.3. The molecule has 3 nitrogen and oxygen atoms in total. The highest BCUT2D eigenvalue weighted by Gasteiger charge is 2.06. The van der Waals surface area contributed by atoms with Crippen LogP contribution in [0.15, 0.2) is 65.1 Å². The van der Waals surface area contributed by atoms with E-state index in [4.69, 9.17) is 0 Å². The average molecular weight is 331 g/mol. The maximum atomic E-state index is 12.0. The fraction of sp³-hybridized carbons (Fsp3) is 0.0625. The zero-order chi connectivity index (χ0) is 14.4. The highest BCUT2D eigenvalue weighted by atomic mass is 79.9. The predicted molar refractivity (Wildman–Crippen MR) is 84.8 cm³/mol. The zero-order valence-electron chi connectivity index (χ0n) is 11.1. The molecule has 0 radical (unpaired) electrons. The summed E-state index contributed by atoms with van der Waals surface area (Å²) in [5.74, 6) is -0.179. The van der Waals surface area contributed by atoms with Crippen LogP contribution >= 0.6 is 15.9 Å². The van der Waals surface area contributed by atoms with Gasteiger partial charge in [0.05, 0.1) is 5.70 Å². The number of carbonyl (C=O) groups excluding carboxylic acids is 1. The first-order valence-corrected chi connectivity index (χ1v) is 7.03. The molecule has 0 saturated carbocycles. The highest BCUT2D eigenvalue weighted by Crippen LogP contribution is 2.12. The molecule has 0 aliphatic heterocycles. The van der Waals surface area contributed by atoms with Crippen LogP contribution < -0.4 is 10.9 Å². The summed E-state index contributed by atoms with van der Waals surface area (Å²) >= 11 is 3.35. The molecule has 0 aliphatic carbocycles. The van der Waals surface area contributed by atoms with Gasteiger partial charge in [-0.15, -0.1) is 0 Å². The van der Waals surface area contributed by atoms with Crippen LogP contribution in [0.3, 0.4) is 0 Å². The Morgan fingerprint density at radius 3 is 2.35 bits per heavy atom. The van der Waals surface area contributed by atoms with Crippen molar-refractivity contribution in [3.63, 3.8) is 0 Å². The quantitative estimate of drug-likeness (QED) is 0.838. The number of hydrogen-bond donors (Lipinski definition) is 2. The molecule has 102 valence electrons. The van der Waals surface area contributed by atoms with Gasteiger partial charge in [0.2, 0.25) is 0 Å². The van der Waals surface area contributed by atoms with Gasteiger partial charge in [-0.05, 0) is 30.7 Å². The molecule has 1 amide bonds. The Kier molecular flexibility index (Phi) is 4.96. The fourth-order valence-corrected chi connectivity index (χ4v) is 2.15. The molecular weight excluding hydrogens is 316 g/mol. The minimum atomic E-state index is -0.179. The molecule has 2 N–H and O–H groups in total. The van der Waals surface area contributed by atoms with E-state index in [0.717, 1.165) is 15.7 Å². The van der Waals surface area contributed by atoms with Gasteiger partial charge in [-0.2, -0.15) is 0 Å². The van der Waals surface area contributed by atoms with Crippen LogP contribution in [-0.2, 0) is 0 Å². The van der Waals surface area contributed by atoms with Gasteiger partial charge in [0.15, 0.2) is 0 Å². The van der Waals surface area contributed by atoms with E-state index in [0.29, 0.717) is 5.56 Å². The second-order valence-electron chi connectivity index (χ2n) is 4.16. The van der Waals surface area contributed by atoms with Gasteiger partial charge < -0.3 is 0 Å². The molecule has 0 atom stereocenters. The lowest BCUT2D eigenvalue weighted by Crippen LogP contribution is -2.36. The number of nitrogens with one attached hydrogen (secondary N) is 2. The minimum Gasteiger partial charge on any atom is -0.298 e. The summed E-state index contributed by atoms with van der Waals surface area (Å²) < 4.78 is 0.875. The number of halogens is 1. The Morgan fingerprint density at radius 1 is 1.00 bits per heavy atom. The van der Waals surface area contributed by atoms with Gasteiger partial charge in [0.25, 0.3) is 5.91 Å². The predicted octanol–water partition coefficient (Wildman–Crippen LogP) is 3.74. The number of hydrazine groups is 1. The summed E-state index contributed by atoms with van der Waals surface area (Å²) in [5.41, 5.74) is 8.11. The third-order valence-corrected chi connectivity index (χ3v) is 3.26. The van der Waals surface area contributed by atoms with Crippen LogP contribution in [0, 0.1) is 0 Å². The molecule has 0 saturated heterocycles. The van der Waals surface area contributed by atoms with Crippen molar-refractivity contribution >= 4 is 27.5 Å². The first-order valence-electron chi connectivity index (χ1n) is 6.24. The van der Waals surface area contributed by atoms with Crippen molar-refractivity contribution in [3.8, 4) is 0 Å². The maximum Gasteiger partial charge on any atom is 0.269 e. The topological polar surface area (TPSA) is 41.1 Å². The lowest BCUT2D eigenvalue weighted by Gasteiger charge is -2.12. The molecule has 0 spiro atoms. The maximum absolute atomic E-state index is 12.0. The molecule has 0 bridgehead atoms. The van der Waals surface area contributed by atoms with Crippen molar-refractivity contribution in [1.82, 2.24) is 10.9 Å². The number of rotatable bonds is 4. The van der Waals surface area contributed by atoms with Crippen molar-refractivity contribution in [2.45, 2.75) is 6.92 Å². The Balaban J connectivity index is 2.03. The lowest BCUT2D eigenvalue weighted by atomic mass is 10.1. The second kappa shape index (κ2) is 6.91. The van der Waals surface area contributed by atoms with E-state index < -0.39 is 0 Å². The van der Waals surface area contributed by atoms with Crippen molar-refractivity contribution in [3.05, 3.63) is 76.3 Å². The monoisotopic (exact) mass is 330 g/mol. The van der Waals surface area contributed by atoms with Gasteiger partial charge in [0.1, 0.15) is 0 Å². The number of hydrogen-bond acceptors (Lipinski definition) is 2. The molecule has 0 fully saturated rings. The zero-order valence-corrected chi connectivity index (χ0v) is 12.6. The van der Waals surface area contributed by atoms with Crippen molar-refractivity contribution in [1.29, 1.82) is 0 Å². The number of amides is 1. The summed E-state index contributed by atoms with van der Waals surface area (Å²) in [5, 5.41) is 0. The number of carbonyl (C=O) groups is 1. The molecule has 20 heavy (non-hydrogen) atoms. The van der Waals surface area contributed by atoms with Crippen LogP contribution in [0.25, 0.3) is 5.70 Å². The van der Waals surface area contributed by atoms with E-state index in [1.807, 2.05) is 55.5 Å². The van der Waals surface area contributed by atoms with Crippen LogP contribution in [0.2, 0.25) is 0 Å². The number of allylic oxidation sites excluding steroid dienone is 1. The largest absolute Gasteiger partial charge is 0.298 e. The summed E-state index contributed by atoms with van der Waals surface area (Å²) in [6, 6.07) is 17.1. The molecule has 0 unspecified atom stereocenters. The van der Waals surface area contributed by atoms with Crippen molar-refractivity contribution in [2.24, 2.45) is 0 Å². The van der Waals surface area contributed by atoms with Gasteiger partial charge >= 0.3 is 0 Å². The van der Waals surface area contributed by atoms with E-state index in [9.17, 15) is 4.79 Å². The third-order valence-electron chi connectivity index (χ3n) is 2.77. The molecule has 0 aromatic heterocycles. The van der Waals surface area contributed by atoms with E-state index in [1.165, 1.54) is 0 Å². The molecular formula is C16H15BrN2O. The van der Waals surface area contributed by atoms with Crippen LogP contribution in [0.5, 0.6) is 0 Å². The van der Waals surface area contributed by atoms with Gasteiger partial charge in [0, 0.05) is 10.0 Å². The van der Waals surface area contributed by atoms with E-state index >= 15 is 0 Å². The lowest BCUT2D eigenvalue weighted by molar-refractivity contribution is 0.0942. The van der Waals surface area contributed by atoms with Crippen LogP contribution in [-0.4, -0.2) is 5.91 Å². The summed E-state index contributed by atoms with van der Waals surface area (Å²) in [6.45, 7) is 1.92. The summed E-state index contributed by atoms with van der Waals surface area (Å²) in [6.07, 6.45) is 1.91. The Hall–Kier alpha value is -2.07. The van der Waals surface area contributed by atoms with E-state index in [-0.39, 0.29) is 5.91 Å². The normalized spacial score (nSPS) is 11.0. The van der Waals surface area contributed by atoms with E-state index in [2.05, 4.69) is 26.8 Å². The average Bonchev–Trinajstić information content (AvgIpc) is 2.49. The Bertz CT molecular complexity index is 623. The van der Waals surface area contributed by atoms with Crippen molar-refractivity contribution in [2.75, 3.05) is 0 Å². The smallest absolute Gasteiger partial charge is 0.269 e. The van der Waals surface area contributed by atoms with Gasteiger partial charge in [-0.25, -0.2) is 0 Å². The molecule has 2 rings (SSSR count). The van der Waals surface area contributed by atoms with Gasteiger partial charge in [-0.1, -0.05) is 58.4 Å². The number of benzene rings is 2. The molecule has 0 heterocycles. The summed E-state index contributed by atoms with van der Waals surface area (Å²) in [4.78, 5) is 12.0. The molecule has 2 aromatic rings. The highest BCUT2D eigenvalue weighted by molar-refractivity contribution is 9.10. The standard InChI is InChI=1S/C16H15BrN2O/c1-2-15(12-7-4-3-5-8-12)18-19-16(20)13-9-6-10-14(17)11-13/h2-11,18H,1H3,(H,19,20)/b15-2-. The van der Waals surface area contributed by atoms with Crippen molar-refractivity contribution < 1.29 is 4.79 Å². The third kappa shape index (κ3) is 3.71.